The molecule has 0 aliphatic rings. The largest absolute Gasteiger partial charge is 0.465 e. The first-order valence-electron chi connectivity index (χ1n) is 8.10. The molecule has 0 atom stereocenters. The highest BCUT2D eigenvalue weighted by atomic mass is 16.5. The summed E-state index contributed by atoms with van der Waals surface area (Å²) >= 11 is 0. The van der Waals surface area contributed by atoms with Crippen LogP contribution in [0.2, 0.25) is 0 Å². The van der Waals surface area contributed by atoms with E-state index in [4.69, 9.17) is 9.47 Å². The van der Waals surface area contributed by atoms with E-state index in [1.54, 1.807) is 30.5 Å². The molecule has 0 amide bonds. The van der Waals surface area contributed by atoms with E-state index < -0.39 is 11.9 Å². The van der Waals surface area contributed by atoms with Crippen LogP contribution in [0, 0.1) is 6.92 Å². The van der Waals surface area contributed by atoms with Crippen molar-refractivity contribution in [2.45, 2.75) is 6.92 Å². The minimum Gasteiger partial charge on any atom is -0.465 e. The van der Waals surface area contributed by atoms with Crippen LogP contribution in [-0.4, -0.2) is 41.1 Å². The summed E-state index contributed by atoms with van der Waals surface area (Å²) in [4.78, 5) is 37.0. The molecule has 3 heterocycles. The van der Waals surface area contributed by atoms with Gasteiger partial charge in [0.2, 0.25) is 0 Å². The van der Waals surface area contributed by atoms with Crippen LogP contribution in [0.4, 0.5) is 0 Å². The van der Waals surface area contributed by atoms with Crippen molar-refractivity contribution in [2.24, 2.45) is 0 Å². The van der Waals surface area contributed by atoms with Crippen LogP contribution in [0.5, 0.6) is 0 Å². The van der Waals surface area contributed by atoms with Crippen molar-refractivity contribution in [3.8, 4) is 22.8 Å². The van der Waals surface area contributed by atoms with Gasteiger partial charge in [-0.2, -0.15) is 0 Å². The fraction of sp³-hybridized carbons (Fsp3) is 0.150. The van der Waals surface area contributed by atoms with Gasteiger partial charge in [0.25, 0.3) is 0 Å². The van der Waals surface area contributed by atoms with Crippen LogP contribution in [-0.2, 0) is 9.47 Å². The molecule has 0 radical (unpaired) electrons. The topological polar surface area (TPSA) is 91.3 Å². The van der Waals surface area contributed by atoms with Crippen molar-refractivity contribution in [2.75, 3.05) is 14.2 Å². The number of carbonyl (C=O) groups excluding carboxylic acids is 2. The Labute approximate surface area is 156 Å². The normalized spacial score (nSPS) is 10.3. The van der Waals surface area contributed by atoms with Crippen LogP contribution in [0.15, 0.2) is 48.8 Å². The first kappa shape index (κ1) is 18.2. The molecule has 7 heteroatoms. The lowest BCUT2D eigenvalue weighted by atomic mass is 10.1. The Balaban J connectivity index is 2.16. The molecule has 136 valence electrons. The standard InChI is InChI=1S/C20H17N3O4/c1-12-4-6-21-15(8-12)17-10-14(20(25)27-3)11-18(23-17)16-9-13(5-7-22-16)19(24)26-2/h4-11H,1-3H3. The molecule has 7 nitrogen and oxygen atoms in total. The van der Waals surface area contributed by atoms with Gasteiger partial charge in [0.1, 0.15) is 0 Å². The zero-order valence-corrected chi connectivity index (χ0v) is 15.1. The molecule has 0 aliphatic carbocycles. The lowest BCUT2D eigenvalue weighted by Crippen LogP contribution is -2.05. The Morgan fingerprint density at radius 2 is 1.26 bits per heavy atom. The molecule has 0 saturated carbocycles. The zero-order chi connectivity index (χ0) is 19.4. The Kier molecular flexibility index (Phi) is 5.21. The first-order chi connectivity index (χ1) is 13.0. The number of esters is 2. The minimum absolute atomic E-state index is 0.311. The van der Waals surface area contributed by atoms with Crippen molar-refractivity contribution in [1.82, 2.24) is 15.0 Å². The molecule has 0 bridgehead atoms. The predicted molar refractivity (Wildman–Crippen MR) is 98.1 cm³/mol. The highest BCUT2D eigenvalue weighted by Gasteiger charge is 2.15. The van der Waals surface area contributed by atoms with E-state index in [9.17, 15) is 9.59 Å². The molecular formula is C20H17N3O4. The van der Waals surface area contributed by atoms with Crippen LogP contribution < -0.4 is 0 Å². The third kappa shape index (κ3) is 3.98. The summed E-state index contributed by atoms with van der Waals surface area (Å²) in [6, 6.07) is 10.0. The molecular weight excluding hydrogens is 346 g/mol. The van der Waals surface area contributed by atoms with Crippen LogP contribution in [0.1, 0.15) is 26.3 Å². The number of pyridine rings is 3. The predicted octanol–water partition coefficient (Wildman–Crippen LogP) is 3.09. The molecule has 0 N–H and O–H groups in total. The third-order valence-electron chi connectivity index (χ3n) is 3.87. The summed E-state index contributed by atoms with van der Waals surface area (Å²) in [5.41, 5.74) is 3.62. The summed E-state index contributed by atoms with van der Waals surface area (Å²) in [7, 11) is 2.61. The highest BCUT2D eigenvalue weighted by Crippen LogP contribution is 2.24. The number of hydrogen-bond donors (Lipinski definition) is 0. The van der Waals surface area contributed by atoms with E-state index in [2.05, 4.69) is 15.0 Å². The van der Waals surface area contributed by atoms with Crippen molar-refractivity contribution in [1.29, 1.82) is 0 Å². The maximum absolute atomic E-state index is 12.1. The molecule has 0 unspecified atom stereocenters. The van der Waals surface area contributed by atoms with Crippen molar-refractivity contribution < 1.29 is 19.1 Å². The van der Waals surface area contributed by atoms with Gasteiger partial charge in [0, 0.05) is 12.4 Å². The number of methoxy groups -OCH3 is 2. The van der Waals surface area contributed by atoms with Gasteiger partial charge >= 0.3 is 11.9 Å². The Morgan fingerprint density at radius 1 is 0.741 bits per heavy atom. The monoisotopic (exact) mass is 363 g/mol. The van der Waals surface area contributed by atoms with Gasteiger partial charge < -0.3 is 9.47 Å². The molecule has 3 aromatic rings. The van der Waals surface area contributed by atoms with Gasteiger partial charge in [-0.3, -0.25) is 9.97 Å². The van der Waals surface area contributed by atoms with Crippen LogP contribution >= 0.6 is 0 Å². The van der Waals surface area contributed by atoms with Crippen molar-refractivity contribution in [3.63, 3.8) is 0 Å². The molecule has 0 saturated heterocycles. The zero-order valence-electron chi connectivity index (χ0n) is 15.1. The quantitative estimate of drug-likeness (QED) is 0.658. The highest BCUT2D eigenvalue weighted by molar-refractivity contribution is 5.93. The van der Waals surface area contributed by atoms with E-state index in [-0.39, 0.29) is 0 Å². The molecule has 0 aromatic carbocycles. The second kappa shape index (κ2) is 7.74. The molecule has 3 aromatic heterocycles. The molecule has 0 spiro atoms. The summed E-state index contributed by atoms with van der Waals surface area (Å²) in [5, 5.41) is 0. The van der Waals surface area contributed by atoms with Crippen molar-refractivity contribution >= 4 is 11.9 Å². The Bertz CT molecular complexity index is 1020. The lowest BCUT2D eigenvalue weighted by Gasteiger charge is -2.09. The number of aromatic nitrogens is 3. The van der Waals surface area contributed by atoms with Crippen molar-refractivity contribution in [3.05, 3.63) is 65.5 Å². The smallest absolute Gasteiger partial charge is 0.338 e. The summed E-state index contributed by atoms with van der Waals surface area (Å²) in [5.74, 6) is -0.986. The third-order valence-corrected chi connectivity index (χ3v) is 3.87. The number of nitrogens with zero attached hydrogens (tertiary/aromatic N) is 3. The lowest BCUT2D eigenvalue weighted by molar-refractivity contribution is 0.0591. The SMILES string of the molecule is COC(=O)c1ccnc(-c2cc(C(=O)OC)cc(-c3cc(C)ccn3)n2)c1. The van der Waals surface area contributed by atoms with Crippen LogP contribution in [0.3, 0.4) is 0 Å². The van der Waals surface area contributed by atoms with Gasteiger partial charge in [-0.1, -0.05) is 0 Å². The van der Waals surface area contributed by atoms with E-state index in [1.807, 2.05) is 19.1 Å². The van der Waals surface area contributed by atoms with E-state index in [0.29, 0.717) is 33.9 Å². The van der Waals surface area contributed by atoms with E-state index in [0.717, 1.165) is 5.56 Å². The van der Waals surface area contributed by atoms with Gasteiger partial charge in [-0.05, 0) is 48.9 Å². The van der Waals surface area contributed by atoms with Gasteiger partial charge in [-0.15, -0.1) is 0 Å². The number of ether oxygens (including phenoxy) is 2. The van der Waals surface area contributed by atoms with Gasteiger partial charge in [0.05, 0.1) is 48.1 Å². The average Bonchev–Trinajstić information content (AvgIpc) is 2.72. The fourth-order valence-corrected chi connectivity index (χ4v) is 2.52. The number of carbonyl (C=O) groups is 2. The maximum atomic E-state index is 12.1. The first-order valence-corrected chi connectivity index (χ1v) is 8.10. The van der Waals surface area contributed by atoms with Crippen LogP contribution in [0.25, 0.3) is 22.8 Å². The summed E-state index contributed by atoms with van der Waals surface area (Å²) in [6.45, 7) is 1.94. The Hall–Kier alpha value is -3.61. The van der Waals surface area contributed by atoms with Gasteiger partial charge in [0.15, 0.2) is 0 Å². The molecule has 0 fully saturated rings. The van der Waals surface area contributed by atoms with E-state index in [1.165, 1.54) is 20.4 Å². The second-order valence-electron chi connectivity index (χ2n) is 5.76. The molecule has 3 rings (SSSR count). The summed E-state index contributed by atoms with van der Waals surface area (Å²) in [6.07, 6.45) is 3.16. The minimum atomic E-state index is -0.503. The average molecular weight is 363 g/mol. The Morgan fingerprint density at radius 3 is 1.85 bits per heavy atom. The fourth-order valence-electron chi connectivity index (χ4n) is 2.52. The van der Waals surface area contributed by atoms with E-state index >= 15 is 0 Å². The second-order valence-corrected chi connectivity index (χ2v) is 5.76. The number of rotatable bonds is 4. The number of aryl methyl sites for hydroxylation is 1. The summed E-state index contributed by atoms with van der Waals surface area (Å²) < 4.78 is 9.58. The molecule has 27 heavy (non-hydrogen) atoms. The molecule has 0 aliphatic heterocycles. The number of hydrogen-bond acceptors (Lipinski definition) is 7. The van der Waals surface area contributed by atoms with Gasteiger partial charge in [-0.25, -0.2) is 14.6 Å². The maximum Gasteiger partial charge on any atom is 0.338 e.